The molecule has 27 heavy (non-hydrogen) atoms. The maximum Gasteiger partial charge on any atom is 0.243 e. The van der Waals surface area contributed by atoms with Crippen LogP contribution in [0.2, 0.25) is 0 Å². The summed E-state index contributed by atoms with van der Waals surface area (Å²) in [6.07, 6.45) is 2.09. The Bertz CT molecular complexity index is 1120. The number of aromatic nitrogens is 1. The molecule has 0 N–H and O–H groups in total. The zero-order valence-corrected chi connectivity index (χ0v) is 15.3. The molecule has 0 bridgehead atoms. The van der Waals surface area contributed by atoms with Gasteiger partial charge in [0.2, 0.25) is 10.0 Å². The lowest BCUT2D eigenvalue weighted by atomic mass is 10.2. The van der Waals surface area contributed by atoms with E-state index in [-0.39, 0.29) is 17.5 Å². The molecule has 4 rings (SSSR count). The van der Waals surface area contributed by atoms with Crippen LogP contribution in [0.5, 0.6) is 5.75 Å². The van der Waals surface area contributed by atoms with Crippen LogP contribution in [-0.2, 0) is 10.0 Å². The van der Waals surface area contributed by atoms with Gasteiger partial charge in [0.25, 0.3) is 0 Å². The smallest absolute Gasteiger partial charge is 0.243 e. The highest BCUT2D eigenvalue weighted by atomic mass is 32.2. The van der Waals surface area contributed by atoms with Crippen molar-refractivity contribution in [2.45, 2.75) is 17.4 Å². The van der Waals surface area contributed by atoms with Crippen LogP contribution in [-0.4, -0.2) is 36.9 Å². The molecule has 0 unspecified atom stereocenters. The minimum Gasteiger partial charge on any atom is -0.487 e. The quantitative estimate of drug-likeness (QED) is 0.696. The van der Waals surface area contributed by atoms with E-state index in [0.29, 0.717) is 24.3 Å². The van der Waals surface area contributed by atoms with Gasteiger partial charge >= 0.3 is 0 Å². The number of pyridine rings is 1. The molecule has 1 saturated heterocycles. The molecule has 0 saturated carbocycles. The predicted molar refractivity (Wildman–Crippen MR) is 101 cm³/mol. The van der Waals surface area contributed by atoms with E-state index in [2.05, 4.69) is 4.98 Å². The molecule has 7 heteroatoms. The standard InChI is InChI=1S/C20H17N3O3S/c21-13-15-6-8-18(9-7-15)27(24,25)23-12-10-17(14-23)26-19-5-1-3-16-4-2-11-22-20(16)19/h1-9,11,17H,10,12,14H2/t17-/m1/s1. The van der Waals surface area contributed by atoms with Crippen LogP contribution in [0.25, 0.3) is 10.9 Å². The van der Waals surface area contributed by atoms with Gasteiger partial charge in [0, 0.05) is 18.1 Å². The van der Waals surface area contributed by atoms with Gasteiger partial charge in [0.15, 0.2) is 0 Å². The summed E-state index contributed by atoms with van der Waals surface area (Å²) in [6.45, 7) is 0.677. The van der Waals surface area contributed by atoms with E-state index in [9.17, 15) is 8.42 Å². The highest BCUT2D eigenvalue weighted by Crippen LogP contribution is 2.28. The van der Waals surface area contributed by atoms with E-state index in [1.807, 2.05) is 36.4 Å². The van der Waals surface area contributed by atoms with Crippen molar-refractivity contribution in [3.8, 4) is 11.8 Å². The first-order valence-corrected chi connectivity index (χ1v) is 10.0. The Morgan fingerprint density at radius 3 is 2.67 bits per heavy atom. The fourth-order valence-corrected chi connectivity index (χ4v) is 4.70. The Kier molecular flexibility index (Phi) is 4.52. The summed E-state index contributed by atoms with van der Waals surface area (Å²) in [6, 6.07) is 17.5. The van der Waals surface area contributed by atoms with Gasteiger partial charge in [-0.05, 0) is 42.8 Å². The number of nitrogens with zero attached hydrogens (tertiary/aromatic N) is 3. The monoisotopic (exact) mass is 379 g/mol. The van der Waals surface area contributed by atoms with E-state index in [0.717, 1.165) is 10.9 Å². The molecule has 1 aromatic heterocycles. The summed E-state index contributed by atoms with van der Waals surface area (Å²) in [7, 11) is -3.60. The molecule has 0 spiro atoms. The Morgan fingerprint density at radius 2 is 1.89 bits per heavy atom. The average molecular weight is 379 g/mol. The SMILES string of the molecule is N#Cc1ccc(S(=O)(=O)N2CC[C@@H](Oc3cccc4cccnc34)C2)cc1. The maximum atomic E-state index is 12.8. The Morgan fingerprint density at radius 1 is 1.11 bits per heavy atom. The number of hydrogen-bond donors (Lipinski definition) is 0. The molecule has 3 aromatic rings. The number of sulfonamides is 1. The third-order valence-electron chi connectivity index (χ3n) is 4.62. The van der Waals surface area contributed by atoms with Crippen LogP contribution < -0.4 is 4.74 Å². The van der Waals surface area contributed by atoms with Crippen LogP contribution in [0, 0.1) is 11.3 Å². The van der Waals surface area contributed by atoms with E-state index in [4.69, 9.17) is 10.00 Å². The van der Waals surface area contributed by atoms with Crippen molar-refractivity contribution in [2.75, 3.05) is 13.1 Å². The zero-order chi connectivity index (χ0) is 18.9. The summed E-state index contributed by atoms with van der Waals surface area (Å²) in [5.41, 5.74) is 1.20. The number of ether oxygens (including phenoxy) is 1. The highest BCUT2D eigenvalue weighted by molar-refractivity contribution is 7.89. The lowest BCUT2D eigenvalue weighted by Crippen LogP contribution is -2.31. The third kappa shape index (κ3) is 3.37. The van der Waals surface area contributed by atoms with Crippen molar-refractivity contribution in [3.05, 3.63) is 66.4 Å². The van der Waals surface area contributed by atoms with Gasteiger partial charge in [-0.1, -0.05) is 18.2 Å². The number of rotatable bonds is 4. The molecule has 0 amide bonds. The van der Waals surface area contributed by atoms with Crippen molar-refractivity contribution < 1.29 is 13.2 Å². The number of hydrogen-bond acceptors (Lipinski definition) is 5. The summed E-state index contributed by atoms with van der Waals surface area (Å²) in [5, 5.41) is 9.84. The van der Waals surface area contributed by atoms with Crippen molar-refractivity contribution in [1.82, 2.24) is 9.29 Å². The number of nitriles is 1. The van der Waals surface area contributed by atoms with Crippen LogP contribution in [0.3, 0.4) is 0 Å². The van der Waals surface area contributed by atoms with Gasteiger partial charge in [-0.15, -0.1) is 0 Å². The second kappa shape index (κ2) is 6.99. The highest BCUT2D eigenvalue weighted by Gasteiger charge is 2.33. The van der Waals surface area contributed by atoms with E-state index in [1.54, 1.807) is 6.20 Å². The van der Waals surface area contributed by atoms with Crippen molar-refractivity contribution in [1.29, 1.82) is 5.26 Å². The topological polar surface area (TPSA) is 83.3 Å². The maximum absolute atomic E-state index is 12.8. The van der Waals surface area contributed by atoms with Crippen LogP contribution in [0.15, 0.2) is 65.7 Å². The second-order valence-corrected chi connectivity index (χ2v) is 8.30. The summed E-state index contributed by atoms with van der Waals surface area (Å²) in [4.78, 5) is 4.56. The Balaban J connectivity index is 1.52. The molecule has 1 fully saturated rings. The average Bonchev–Trinajstić information content (AvgIpc) is 3.18. The lowest BCUT2D eigenvalue weighted by Gasteiger charge is -2.18. The van der Waals surface area contributed by atoms with Gasteiger partial charge in [-0.3, -0.25) is 4.98 Å². The Hall–Kier alpha value is -2.95. The molecule has 0 aliphatic carbocycles. The van der Waals surface area contributed by atoms with E-state index >= 15 is 0 Å². The third-order valence-corrected chi connectivity index (χ3v) is 6.50. The fraction of sp³-hybridized carbons (Fsp3) is 0.200. The van der Waals surface area contributed by atoms with Crippen molar-refractivity contribution >= 4 is 20.9 Å². The van der Waals surface area contributed by atoms with Crippen LogP contribution in [0.4, 0.5) is 0 Å². The van der Waals surface area contributed by atoms with Crippen molar-refractivity contribution in [2.24, 2.45) is 0 Å². The molecular formula is C20H17N3O3S. The Labute approximate surface area is 157 Å². The molecule has 2 heterocycles. The molecule has 1 aliphatic rings. The number of fused-ring (bicyclic) bond motifs is 1. The van der Waals surface area contributed by atoms with Gasteiger partial charge in [-0.2, -0.15) is 9.57 Å². The van der Waals surface area contributed by atoms with Gasteiger partial charge in [0.1, 0.15) is 17.4 Å². The molecular weight excluding hydrogens is 362 g/mol. The van der Waals surface area contributed by atoms with Crippen LogP contribution in [0.1, 0.15) is 12.0 Å². The number of benzene rings is 2. The molecule has 136 valence electrons. The van der Waals surface area contributed by atoms with Gasteiger partial charge in [0.05, 0.1) is 23.1 Å². The zero-order valence-electron chi connectivity index (χ0n) is 14.4. The second-order valence-electron chi connectivity index (χ2n) is 6.36. The summed E-state index contributed by atoms with van der Waals surface area (Å²) < 4.78 is 33.1. The molecule has 6 nitrogen and oxygen atoms in total. The van der Waals surface area contributed by atoms with Gasteiger partial charge < -0.3 is 4.74 Å². The largest absolute Gasteiger partial charge is 0.487 e. The number of para-hydroxylation sites is 1. The summed E-state index contributed by atoms with van der Waals surface area (Å²) in [5.74, 6) is 0.663. The van der Waals surface area contributed by atoms with E-state index < -0.39 is 10.0 Å². The van der Waals surface area contributed by atoms with Crippen LogP contribution >= 0.6 is 0 Å². The summed E-state index contributed by atoms with van der Waals surface area (Å²) >= 11 is 0. The molecule has 1 aliphatic heterocycles. The molecule has 2 aromatic carbocycles. The first-order valence-electron chi connectivity index (χ1n) is 8.58. The minimum absolute atomic E-state index is 0.189. The minimum atomic E-state index is -3.60. The molecule has 1 atom stereocenters. The fourth-order valence-electron chi connectivity index (χ4n) is 3.21. The first-order chi connectivity index (χ1) is 13.1. The van der Waals surface area contributed by atoms with E-state index in [1.165, 1.54) is 28.6 Å². The first kappa shape index (κ1) is 17.5. The predicted octanol–water partition coefficient (Wildman–Crippen LogP) is 2.95. The van der Waals surface area contributed by atoms with Gasteiger partial charge in [-0.25, -0.2) is 8.42 Å². The lowest BCUT2D eigenvalue weighted by molar-refractivity contribution is 0.218. The normalized spacial score (nSPS) is 17.7. The molecule has 0 radical (unpaired) electrons. The van der Waals surface area contributed by atoms with Crippen molar-refractivity contribution in [3.63, 3.8) is 0 Å².